The summed E-state index contributed by atoms with van der Waals surface area (Å²) in [7, 11) is 0. The molecule has 13 heteroatoms. The molecule has 3 unspecified atom stereocenters. The standard InChI is InChI=1S/C44H58O10S3/c1-5-56-44(55)57-34(4)41(48)52-24-16-8-6-7-9-17-25-53-43(50)38(31-36-22-14-11-15-23-36)29-33(3)40(47)51-26-18-19-27-54-42(49)37(28-32(2)39(45)46)30-35-20-12-10-13-21-35/h10-15,20-23,30-34H,5-9,16-19,24-29H2,1-4H3,(H,45,46)/b37-30+,38-31+. The molecular weight excluding hydrogens is 785 g/mol. The zero-order valence-electron chi connectivity index (χ0n) is 33.6. The van der Waals surface area contributed by atoms with Crippen LogP contribution in [-0.2, 0) is 42.9 Å². The Labute approximate surface area is 351 Å². The first kappa shape index (κ1) is 49.2. The van der Waals surface area contributed by atoms with Gasteiger partial charge in [-0.1, -0.05) is 131 Å². The van der Waals surface area contributed by atoms with Crippen molar-refractivity contribution < 1.29 is 48.0 Å². The van der Waals surface area contributed by atoms with Gasteiger partial charge < -0.3 is 24.1 Å². The molecule has 0 fully saturated rings. The van der Waals surface area contributed by atoms with Crippen molar-refractivity contribution in [2.75, 3.05) is 32.2 Å². The molecule has 0 aliphatic carbocycles. The molecule has 0 aromatic heterocycles. The number of benzene rings is 2. The Hall–Kier alpha value is -3.94. The van der Waals surface area contributed by atoms with Crippen LogP contribution in [0.25, 0.3) is 12.2 Å². The lowest BCUT2D eigenvalue weighted by atomic mass is 9.99. The molecule has 3 atom stereocenters. The van der Waals surface area contributed by atoms with Crippen LogP contribution in [0.4, 0.5) is 0 Å². The van der Waals surface area contributed by atoms with Crippen LogP contribution in [0.2, 0.25) is 0 Å². The number of thioether (sulfide) groups is 2. The van der Waals surface area contributed by atoms with Crippen LogP contribution in [0.1, 0.15) is 103 Å². The Morgan fingerprint density at radius 3 is 1.47 bits per heavy atom. The minimum absolute atomic E-state index is 0.0319. The maximum atomic E-state index is 13.2. The molecule has 10 nitrogen and oxygen atoms in total. The molecule has 0 amide bonds. The number of unbranched alkanes of at least 4 members (excludes halogenated alkanes) is 6. The van der Waals surface area contributed by atoms with Crippen molar-refractivity contribution in [2.24, 2.45) is 11.8 Å². The average molecular weight is 843 g/mol. The van der Waals surface area contributed by atoms with Gasteiger partial charge in [0.15, 0.2) is 0 Å². The summed E-state index contributed by atoms with van der Waals surface area (Å²) in [5.74, 6) is -3.23. The first-order valence-corrected chi connectivity index (χ1v) is 21.9. The Balaban J connectivity index is 1.73. The van der Waals surface area contributed by atoms with E-state index in [0.29, 0.717) is 31.4 Å². The van der Waals surface area contributed by atoms with Crippen LogP contribution >= 0.6 is 35.7 Å². The van der Waals surface area contributed by atoms with Crippen molar-refractivity contribution in [3.05, 3.63) is 82.9 Å². The van der Waals surface area contributed by atoms with Crippen molar-refractivity contribution in [3.63, 3.8) is 0 Å². The molecule has 0 aliphatic rings. The summed E-state index contributed by atoms with van der Waals surface area (Å²) in [5.41, 5.74) is 2.23. The number of hydrogen-bond acceptors (Lipinski definition) is 12. The van der Waals surface area contributed by atoms with Crippen LogP contribution in [0.3, 0.4) is 0 Å². The van der Waals surface area contributed by atoms with Gasteiger partial charge >= 0.3 is 29.8 Å². The number of hydrogen-bond donors (Lipinski definition) is 1. The summed E-state index contributed by atoms with van der Waals surface area (Å²) in [6.45, 7) is 7.93. The number of thiocarbonyl (C=S) groups is 1. The summed E-state index contributed by atoms with van der Waals surface area (Å²) < 4.78 is 22.7. The van der Waals surface area contributed by atoms with Crippen LogP contribution in [-0.4, -0.2) is 75.9 Å². The van der Waals surface area contributed by atoms with Crippen molar-refractivity contribution in [1.29, 1.82) is 0 Å². The van der Waals surface area contributed by atoms with Crippen molar-refractivity contribution >= 4 is 81.3 Å². The molecular formula is C44H58O10S3. The molecule has 0 saturated heterocycles. The first-order valence-electron chi connectivity index (χ1n) is 19.7. The van der Waals surface area contributed by atoms with Gasteiger partial charge in [0.05, 0.1) is 38.3 Å². The fraction of sp³-hybridized carbons (Fsp3) is 0.500. The third kappa shape index (κ3) is 22.0. The van der Waals surface area contributed by atoms with Crippen LogP contribution in [0.5, 0.6) is 0 Å². The smallest absolute Gasteiger partial charge is 0.334 e. The number of carboxylic acid groups (broad SMARTS) is 1. The van der Waals surface area contributed by atoms with Crippen LogP contribution in [0.15, 0.2) is 71.8 Å². The Kier molecular flexibility index (Phi) is 25.3. The third-order valence-corrected chi connectivity index (χ3v) is 11.1. The van der Waals surface area contributed by atoms with Crippen LogP contribution in [0, 0.1) is 11.8 Å². The van der Waals surface area contributed by atoms with Crippen molar-refractivity contribution in [2.45, 2.75) is 97.2 Å². The normalized spacial score (nSPS) is 13.2. The minimum atomic E-state index is -1.00. The highest BCUT2D eigenvalue weighted by molar-refractivity contribution is 8.47. The van der Waals surface area contributed by atoms with Crippen LogP contribution < -0.4 is 0 Å². The average Bonchev–Trinajstić information content (AvgIpc) is 3.19. The number of rotatable bonds is 27. The predicted molar refractivity (Wildman–Crippen MR) is 233 cm³/mol. The SMILES string of the molecule is CCSC(=S)SC(C)C(=O)OCCCCCCCCOC(=O)/C(=C/c1ccccc1)CC(C)C(=O)OCCCCOC(=O)/C(=C/c1ccccc1)CC(C)C(=O)O. The molecule has 2 rings (SSSR count). The van der Waals surface area contributed by atoms with E-state index >= 15 is 0 Å². The second-order valence-electron chi connectivity index (χ2n) is 13.6. The van der Waals surface area contributed by atoms with Gasteiger partial charge in [0, 0.05) is 11.1 Å². The lowest BCUT2D eigenvalue weighted by Gasteiger charge is -2.14. The number of ether oxygens (including phenoxy) is 4. The zero-order chi connectivity index (χ0) is 41.8. The fourth-order valence-electron chi connectivity index (χ4n) is 5.31. The molecule has 2 aromatic rings. The second kappa shape index (κ2) is 29.3. The van der Waals surface area contributed by atoms with E-state index in [4.69, 9.17) is 31.2 Å². The first-order chi connectivity index (χ1) is 27.4. The fourth-order valence-corrected chi connectivity index (χ4v) is 7.85. The van der Waals surface area contributed by atoms with Crippen molar-refractivity contribution in [3.8, 4) is 0 Å². The molecule has 57 heavy (non-hydrogen) atoms. The predicted octanol–water partition coefficient (Wildman–Crippen LogP) is 9.74. The summed E-state index contributed by atoms with van der Waals surface area (Å²) in [5, 5.41) is 9.04. The lowest BCUT2D eigenvalue weighted by molar-refractivity contribution is -0.149. The quantitative estimate of drug-likeness (QED) is 0.0300. The maximum absolute atomic E-state index is 13.2. The largest absolute Gasteiger partial charge is 0.481 e. The minimum Gasteiger partial charge on any atom is -0.481 e. The Bertz CT molecular complexity index is 1610. The molecule has 0 radical (unpaired) electrons. The lowest BCUT2D eigenvalue weighted by Crippen LogP contribution is -2.19. The van der Waals surface area contributed by atoms with E-state index < -0.39 is 35.7 Å². The van der Waals surface area contributed by atoms with E-state index in [1.165, 1.54) is 18.7 Å². The monoisotopic (exact) mass is 842 g/mol. The van der Waals surface area contributed by atoms with Gasteiger partial charge in [-0.15, -0.1) is 11.8 Å². The highest BCUT2D eigenvalue weighted by atomic mass is 32.2. The molecule has 0 aliphatic heterocycles. The van der Waals surface area contributed by atoms with E-state index in [0.717, 1.165) is 52.5 Å². The van der Waals surface area contributed by atoms with Gasteiger partial charge in [-0.3, -0.25) is 14.4 Å². The highest BCUT2D eigenvalue weighted by Gasteiger charge is 2.22. The molecule has 2 aromatic carbocycles. The summed E-state index contributed by atoms with van der Waals surface area (Å²) >= 11 is 8.16. The summed E-state index contributed by atoms with van der Waals surface area (Å²) in [4.78, 5) is 62.5. The topological polar surface area (TPSA) is 142 Å². The van der Waals surface area contributed by atoms with Gasteiger partial charge in [0.1, 0.15) is 8.78 Å². The molecule has 312 valence electrons. The molecule has 0 saturated carbocycles. The van der Waals surface area contributed by atoms with Gasteiger partial charge in [-0.05, 0) is 74.5 Å². The zero-order valence-corrected chi connectivity index (χ0v) is 36.1. The van der Waals surface area contributed by atoms with Crippen molar-refractivity contribution in [1.82, 2.24) is 0 Å². The second-order valence-corrected chi connectivity index (χ2v) is 17.4. The van der Waals surface area contributed by atoms with Gasteiger partial charge in [-0.25, -0.2) is 9.59 Å². The van der Waals surface area contributed by atoms with E-state index in [1.54, 1.807) is 30.8 Å². The van der Waals surface area contributed by atoms with E-state index in [2.05, 4.69) is 0 Å². The number of carbonyl (C=O) groups is 5. The summed E-state index contributed by atoms with van der Waals surface area (Å²) in [6.07, 6.45) is 9.73. The molecule has 0 heterocycles. The van der Waals surface area contributed by atoms with Gasteiger partial charge in [0.2, 0.25) is 0 Å². The number of carbonyl (C=O) groups excluding carboxylic acids is 4. The number of carboxylic acids is 1. The van der Waals surface area contributed by atoms with E-state index in [1.807, 2.05) is 74.5 Å². The number of aliphatic carboxylic acids is 1. The maximum Gasteiger partial charge on any atom is 0.334 e. The Morgan fingerprint density at radius 1 is 0.614 bits per heavy atom. The summed E-state index contributed by atoms with van der Waals surface area (Å²) in [6, 6.07) is 18.5. The highest BCUT2D eigenvalue weighted by Crippen LogP contribution is 2.23. The van der Waals surface area contributed by atoms with E-state index in [9.17, 15) is 29.1 Å². The Morgan fingerprint density at radius 2 is 1.02 bits per heavy atom. The molecule has 1 N–H and O–H groups in total. The molecule has 0 bridgehead atoms. The van der Waals surface area contributed by atoms with Gasteiger partial charge in [0.25, 0.3) is 0 Å². The number of esters is 4. The van der Waals surface area contributed by atoms with E-state index in [-0.39, 0.29) is 49.5 Å². The molecule has 0 spiro atoms. The van der Waals surface area contributed by atoms with Gasteiger partial charge in [-0.2, -0.15) is 0 Å². The third-order valence-electron chi connectivity index (χ3n) is 8.58.